The lowest BCUT2D eigenvalue weighted by Gasteiger charge is -2.11. The van der Waals surface area contributed by atoms with E-state index >= 15 is 0 Å². The van der Waals surface area contributed by atoms with Gasteiger partial charge in [0.15, 0.2) is 0 Å². The van der Waals surface area contributed by atoms with Crippen molar-refractivity contribution in [1.82, 2.24) is 19.6 Å². The summed E-state index contributed by atoms with van der Waals surface area (Å²) in [5, 5.41) is 20.4. The maximum Gasteiger partial charge on any atom is 0.338 e. The summed E-state index contributed by atoms with van der Waals surface area (Å²) in [6.07, 6.45) is 5.77. The molecular formula is C17H16ClN5O3. The summed E-state index contributed by atoms with van der Waals surface area (Å²) in [5.41, 5.74) is 1.55. The number of hydrogen-bond acceptors (Lipinski definition) is 4. The largest absolute Gasteiger partial charge is 0.478 e. The number of carbonyl (C=O) groups excluding carboxylic acids is 1. The third-order valence-corrected chi connectivity index (χ3v) is 3.99. The highest BCUT2D eigenvalue weighted by atomic mass is 35.5. The first kappa shape index (κ1) is 17.7. The Labute approximate surface area is 154 Å². The number of amides is 1. The van der Waals surface area contributed by atoms with Gasteiger partial charge in [-0.05, 0) is 24.6 Å². The van der Waals surface area contributed by atoms with E-state index in [1.807, 2.05) is 18.2 Å². The van der Waals surface area contributed by atoms with Crippen molar-refractivity contribution in [3.8, 4) is 0 Å². The Bertz CT molecular complexity index is 949. The van der Waals surface area contributed by atoms with E-state index in [1.165, 1.54) is 17.1 Å². The number of carboxylic acid groups (broad SMARTS) is 1. The van der Waals surface area contributed by atoms with Gasteiger partial charge in [0.1, 0.15) is 6.04 Å². The summed E-state index contributed by atoms with van der Waals surface area (Å²) in [7, 11) is 0. The molecule has 0 bridgehead atoms. The van der Waals surface area contributed by atoms with Crippen molar-refractivity contribution in [2.45, 2.75) is 19.5 Å². The van der Waals surface area contributed by atoms with E-state index in [1.54, 1.807) is 30.1 Å². The van der Waals surface area contributed by atoms with Gasteiger partial charge >= 0.3 is 5.97 Å². The fraction of sp³-hybridized carbons (Fsp3) is 0.176. The van der Waals surface area contributed by atoms with Crippen LogP contribution in [0.25, 0.3) is 0 Å². The normalized spacial score (nSPS) is 11.9. The molecule has 3 aromatic rings. The third-order valence-electron chi connectivity index (χ3n) is 3.76. The second-order valence-corrected chi connectivity index (χ2v) is 6.17. The summed E-state index contributed by atoms with van der Waals surface area (Å²) in [5.74, 6) is -1.42. The van der Waals surface area contributed by atoms with Gasteiger partial charge in [0, 0.05) is 17.4 Å². The van der Waals surface area contributed by atoms with Crippen LogP contribution in [-0.2, 0) is 11.3 Å². The molecule has 0 aliphatic heterocycles. The Kier molecular flexibility index (Phi) is 5.04. The Morgan fingerprint density at radius 1 is 1.27 bits per heavy atom. The first-order chi connectivity index (χ1) is 12.4. The Morgan fingerprint density at radius 3 is 2.77 bits per heavy atom. The smallest absolute Gasteiger partial charge is 0.338 e. The minimum atomic E-state index is -1.09. The van der Waals surface area contributed by atoms with Crippen LogP contribution in [0.4, 0.5) is 5.69 Å². The van der Waals surface area contributed by atoms with Crippen LogP contribution >= 0.6 is 11.6 Å². The number of halogens is 1. The lowest BCUT2D eigenvalue weighted by Crippen LogP contribution is -2.23. The van der Waals surface area contributed by atoms with Crippen LogP contribution in [0.1, 0.15) is 28.9 Å². The zero-order valence-corrected chi connectivity index (χ0v) is 14.6. The van der Waals surface area contributed by atoms with Gasteiger partial charge < -0.3 is 10.4 Å². The monoisotopic (exact) mass is 373 g/mol. The molecule has 2 heterocycles. The number of rotatable bonds is 6. The zero-order chi connectivity index (χ0) is 18.7. The van der Waals surface area contributed by atoms with E-state index in [2.05, 4.69) is 15.5 Å². The molecule has 3 rings (SSSR count). The zero-order valence-electron chi connectivity index (χ0n) is 13.8. The number of hydrogen-bond donors (Lipinski definition) is 2. The van der Waals surface area contributed by atoms with Crippen LogP contribution < -0.4 is 5.32 Å². The first-order valence-electron chi connectivity index (χ1n) is 7.77. The summed E-state index contributed by atoms with van der Waals surface area (Å²) in [6.45, 7) is 2.15. The topological polar surface area (TPSA) is 102 Å². The third kappa shape index (κ3) is 4.09. The Hall–Kier alpha value is -3.13. The molecule has 1 unspecified atom stereocenters. The SMILES string of the molecule is CC(C(=O)Nc1cnn(Cc2cccc(Cl)c2)c1)n1cc(C(=O)O)cn1. The molecule has 0 saturated heterocycles. The first-order valence-corrected chi connectivity index (χ1v) is 8.15. The highest BCUT2D eigenvalue weighted by Gasteiger charge is 2.18. The van der Waals surface area contributed by atoms with Crippen LogP contribution in [0.15, 0.2) is 49.1 Å². The fourth-order valence-electron chi connectivity index (χ4n) is 2.36. The van der Waals surface area contributed by atoms with Crippen LogP contribution in [0.5, 0.6) is 0 Å². The van der Waals surface area contributed by atoms with Crippen molar-refractivity contribution < 1.29 is 14.7 Å². The second kappa shape index (κ2) is 7.40. The van der Waals surface area contributed by atoms with Crippen LogP contribution in [0.2, 0.25) is 5.02 Å². The molecule has 9 heteroatoms. The van der Waals surface area contributed by atoms with Crippen LogP contribution in [0, 0.1) is 0 Å². The lowest BCUT2D eigenvalue weighted by molar-refractivity contribution is -0.119. The standard InChI is InChI=1S/C17H16ClN5O3/c1-11(23-9-13(6-20-23)17(25)26)16(24)21-15-7-19-22(10-15)8-12-3-2-4-14(18)5-12/h2-7,9-11H,8H2,1H3,(H,21,24)(H,25,26). The van der Waals surface area contributed by atoms with Crippen molar-refractivity contribution in [3.63, 3.8) is 0 Å². The molecule has 26 heavy (non-hydrogen) atoms. The van der Waals surface area contributed by atoms with Gasteiger partial charge in [0.2, 0.25) is 5.91 Å². The van der Waals surface area contributed by atoms with Crippen LogP contribution in [0.3, 0.4) is 0 Å². The van der Waals surface area contributed by atoms with Gasteiger partial charge in [0.05, 0.1) is 30.2 Å². The average molecular weight is 374 g/mol. The molecule has 0 spiro atoms. The molecule has 1 amide bonds. The van der Waals surface area contributed by atoms with Crippen molar-refractivity contribution in [2.24, 2.45) is 0 Å². The maximum atomic E-state index is 12.3. The predicted octanol–water partition coefficient (Wildman–Crippen LogP) is 2.68. The highest BCUT2D eigenvalue weighted by Crippen LogP contribution is 2.15. The van der Waals surface area contributed by atoms with Crippen molar-refractivity contribution in [3.05, 3.63) is 65.2 Å². The van der Waals surface area contributed by atoms with E-state index in [9.17, 15) is 9.59 Å². The molecule has 2 N–H and O–H groups in total. The predicted molar refractivity (Wildman–Crippen MR) is 95.3 cm³/mol. The minimum Gasteiger partial charge on any atom is -0.478 e. The molecule has 0 aliphatic rings. The molecule has 8 nitrogen and oxygen atoms in total. The molecule has 2 aromatic heterocycles. The number of carboxylic acids is 1. The van der Waals surface area contributed by atoms with Gasteiger partial charge in [0.25, 0.3) is 0 Å². The Morgan fingerprint density at radius 2 is 2.08 bits per heavy atom. The van der Waals surface area contributed by atoms with E-state index < -0.39 is 12.0 Å². The van der Waals surface area contributed by atoms with Crippen LogP contribution in [-0.4, -0.2) is 36.5 Å². The van der Waals surface area contributed by atoms with Crippen molar-refractivity contribution in [1.29, 1.82) is 0 Å². The molecular weight excluding hydrogens is 358 g/mol. The van der Waals surface area contributed by atoms with E-state index in [-0.39, 0.29) is 11.5 Å². The number of aromatic nitrogens is 4. The molecule has 0 aliphatic carbocycles. The van der Waals surface area contributed by atoms with E-state index in [0.717, 1.165) is 5.56 Å². The molecule has 0 fully saturated rings. The van der Waals surface area contributed by atoms with E-state index in [0.29, 0.717) is 17.3 Å². The molecule has 0 saturated carbocycles. The molecule has 134 valence electrons. The molecule has 1 aromatic carbocycles. The summed E-state index contributed by atoms with van der Waals surface area (Å²) >= 11 is 5.97. The summed E-state index contributed by atoms with van der Waals surface area (Å²) in [6, 6.07) is 6.78. The van der Waals surface area contributed by atoms with Gasteiger partial charge in [-0.1, -0.05) is 23.7 Å². The lowest BCUT2D eigenvalue weighted by atomic mass is 10.2. The number of benzene rings is 1. The number of nitrogens with zero attached hydrogens (tertiary/aromatic N) is 4. The number of nitrogens with one attached hydrogen (secondary N) is 1. The number of carbonyl (C=O) groups is 2. The minimum absolute atomic E-state index is 0.0268. The number of anilines is 1. The van der Waals surface area contributed by atoms with Crippen molar-refractivity contribution in [2.75, 3.05) is 5.32 Å². The van der Waals surface area contributed by atoms with Gasteiger partial charge in [-0.15, -0.1) is 0 Å². The quantitative estimate of drug-likeness (QED) is 0.691. The summed E-state index contributed by atoms with van der Waals surface area (Å²) in [4.78, 5) is 23.2. The highest BCUT2D eigenvalue weighted by molar-refractivity contribution is 6.30. The molecule has 1 atom stereocenters. The second-order valence-electron chi connectivity index (χ2n) is 5.74. The fourth-order valence-corrected chi connectivity index (χ4v) is 2.58. The van der Waals surface area contributed by atoms with E-state index in [4.69, 9.17) is 16.7 Å². The number of aromatic carboxylic acids is 1. The Balaban J connectivity index is 1.64. The van der Waals surface area contributed by atoms with Gasteiger partial charge in [-0.3, -0.25) is 14.2 Å². The van der Waals surface area contributed by atoms with Gasteiger partial charge in [-0.25, -0.2) is 4.79 Å². The average Bonchev–Trinajstić information content (AvgIpc) is 3.24. The summed E-state index contributed by atoms with van der Waals surface area (Å²) < 4.78 is 2.98. The molecule has 0 radical (unpaired) electrons. The van der Waals surface area contributed by atoms with Gasteiger partial charge in [-0.2, -0.15) is 10.2 Å². The maximum absolute atomic E-state index is 12.3. The van der Waals surface area contributed by atoms with Crippen molar-refractivity contribution >= 4 is 29.2 Å².